The van der Waals surface area contributed by atoms with E-state index in [0.717, 1.165) is 63.6 Å². The number of thiazole rings is 1. The minimum absolute atomic E-state index is 0.0968. The lowest BCUT2D eigenvalue weighted by atomic mass is 9.93. The number of aromatic nitrogens is 4. The van der Waals surface area contributed by atoms with E-state index in [1.807, 2.05) is 48.7 Å². The van der Waals surface area contributed by atoms with Crippen LogP contribution < -0.4 is 4.74 Å². The Morgan fingerprint density at radius 3 is 2.63 bits per heavy atom. The number of aliphatic hydroxyl groups is 1. The molecule has 0 amide bonds. The zero-order chi connectivity index (χ0) is 30.2. The van der Waals surface area contributed by atoms with E-state index >= 15 is 0 Å². The Morgan fingerprint density at radius 2 is 1.93 bits per heavy atom. The van der Waals surface area contributed by atoms with Crippen molar-refractivity contribution in [3.63, 3.8) is 0 Å². The topological polar surface area (TPSA) is 112 Å². The van der Waals surface area contributed by atoms with Crippen LogP contribution in [0.1, 0.15) is 63.5 Å². The lowest BCUT2D eigenvalue weighted by Crippen LogP contribution is -2.19. The highest BCUT2D eigenvalue weighted by atomic mass is 32.1. The number of nitrogens with zero attached hydrogens (tertiary/aromatic N) is 4. The van der Waals surface area contributed by atoms with Crippen molar-refractivity contribution in [2.24, 2.45) is 5.41 Å². The Labute approximate surface area is 254 Å². The molecule has 0 bridgehead atoms. The molecule has 9 nitrogen and oxygen atoms in total. The van der Waals surface area contributed by atoms with Crippen LogP contribution in [0.4, 0.5) is 0 Å². The van der Waals surface area contributed by atoms with Crippen LogP contribution in [0.2, 0.25) is 0 Å². The van der Waals surface area contributed by atoms with E-state index in [2.05, 4.69) is 30.3 Å². The van der Waals surface area contributed by atoms with Crippen molar-refractivity contribution in [3.8, 4) is 17.1 Å². The van der Waals surface area contributed by atoms with Crippen molar-refractivity contribution in [3.05, 3.63) is 65.7 Å². The van der Waals surface area contributed by atoms with Gasteiger partial charge < -0.3 is 19.1 Å². The molecule has 0 aliphatic heterocycles. The third-order valence-electron chi connectivity index (χ3n) is 8.11. The average molecular weight is 603 g/mol. The lowest BCUT2D eigenvalue weighted by molar-refractivity contribution is -0.117. The fraction of sp³-hybridized carbons (Fsp3) is 0.455. The minimum Gasteiger partial charge on any atom is -0.477 e. The van der Waals surface area contributed by atoms with E-state index in [1.54, 1.807) is 7.11 Å². The number of carbonyl (C=O) groups excluding carboxylic acids is 1. The summed E-state index contributed by atoms with van der Waals surface area (Å²) in [5, 5.41) is 14.1. The van der Waals surface area contributed by atoms with Crippen molar-refractivity contribution in [1.82, 2.24) is 19.5 Å². The molecule has 1 saturated carbocycles. The molecule has 5 aromatic rings. The summed E-state index contributed by atoms with van der Waals surface area (Å²) in [6.07, 6.45) is 6.07. The Bertz CT molecular complexity index is 1730. The maximum Gasteiger partial charge on any atom is 0.214 e. The zero-order valence-electron chi connectivity index (χ0n) is 25.1. The van der Waals surface area contributed by atoms with Crippen molar-refractivity contribution in [2.75, 3.05) is 20.3 Å². The Morgan fingerprint density at radius 1 is 1.14 bits per heavy atom. The highest BCUT2D eigenvalue weighted by Gasteiger charge is 2.43. The first-order valence-corrected chi connectivity index (χ1v) is 15.6. The molecule has 1 aliphatic rings. The second-order valence-corrected chi connectivity index (χ2v) is 13.8. The van der Waals surface area contributed by atoms with E-state index in [0.29, 0.717) is 31.2 Å². The third kappa shape index (κ3) is 6.82. The van der Waals surface area contributed by atoms with E-state index in [1.165, 1.54) is 11.3 Å². The number of benzene rings is 1. The largest absolute Gasteiger partial charge is 0.477 e. The number of pyridine rings is 1. The highest BCUT2D eigenvalue weighted by Crippen LogP contribution is 2.50. The van der Waals surface area contributed by atoms with Crippen LogP contribution in [0.5, 0.6) is 5.88 Å². The molecule has 4 heterocycles. The van der Waals surface area contributed by atoms with Crippen LogP contribution in [0, 0.1) is 5.41 Å². The van der Waals surface area contributed by atoms with Gasteiger partial charge >= 0.3 is 0 Å². The predicted molar refractivity (Wildman–Crippen MR) is 166 cm³/mol. The SMILES string of the molecule is COC[C@@H](O)CCC1(COc2ccc3c(n2)sc2nc(-c4ccc(CC(=O)Cc5cc(C(C)(C)C)on5)cc4)cn23)CC1. The van der Waals surface area contributed by atoms with Gasteiger partial charge in [-0.15, -0.1) is 0 Å². The van der Waals surface area contributed by atoms with Gasteiger partial charge in [0.1, 0.15) is 16.4 Å². The summed E-state index contributed by atoms with van der Waals surface area (Å²) in [5.41, 5.74) is 4.48. The molecule has 226 valence electrons. The van der Waals surface area contributed by atoms with E-state index < -0.39 is 6.10 Å². The van der Waals surface area contributed by atoms with Crippen LogP contribution in [0.3, 0.4) is 0 Å². The normalized spacial score (nSPS) is 15.3. The second kappa shape index (κ2) is 11.8. The summed E-state index contributed by atoms with van der Waals surface area (Å²) in [4.78, 5) is 24.0. The smallest absolute Gasteiger partial charge is 0.214 e. The molecule has 10 heteroatoms. The number of ether oxygens (including phenoxy) is 2. The number of rotatable bonds is 13. The molecular weight excluding hydrogens is 564 g/mol. The van der Waals surface area contributed by atoms with Gasteiger partial charge in [0.05, 0.1) is 42.6 Å². The van der Waals surface area contributed by atoms with Crippen LogP contribution in [-0.2, 0) is 27.8 Å². The fourth-order valence-electron chi connectivity index (χ4n) is 5.24. The maximum absolute atomic E-state index is 12.7. The lowest BCUT2D eigenvalue weighted by Gasteiger charge is -2.17. The van der Waals surface area contributed by atoms with E-state index in [9.17, 15) is 9.90 Å². The molecule has 1 N–H and O–H groups in total. The molecule has 0 radical (unpaired) electrons. The molecule has 6 rings (SSSR count). The summed E-state index contributed by atoms with van der Waals surface area (Å²) in [6.45, 7) is 7.15. The first kappa shape index (κ1) is 29.5. The molecule has 0 saturated heterocycles. The maximum atomic E-state index is 12.7. The minimum atomic E-state index is -0.426. The number of ketones is 1. The molecule has 1 fully saturated rings. The Kier molecular flexibility index (Phi) is 8.10. The number of aliphatic hydroxyl groups excluding tert-OH is 1. The molecule has 1 aliphatic carbocycles. The molecule has 1 aromatic carbocycles. The van der Waals surface area contributed by atoms with Gasteiger partial charge in [0.15, 0.2) is 4.96 Å². The molecule has 0 spiro atoms. The number of methoxy groups -OCH3 is 1. The number of fused-ring (bicyclic) bond motifs is 3. The van der Waals surface area contributed by atoms with Gasteiger partial charge in [-0.05, 0) is 37.3 Å². The van der Waals surface area contributed by atoms with E-state index in [-0.39, 0.29) is 23.0 Å². The number of hydrogen-bond acceptors (Lipinski definition) is 9. The number of Topliss-reactive ketones (excluding diaryl/α,β-unsaturated/α-hetero) is 1. The zero-order valence-corrected chi connectivity index (χ0v) is 25.9. The van der Waals surface area contributed by atoms with Crippen molar-refractivity contribution in [2.45, 2.75) is 70.8 Å². The summed E-state index contributed by atoms with van der Waals surface area (Å²) >= 11 is 1.53. The van der Waals surface area contributed by atoms with E-state index in [4.69, 9.17) is 24.0 Å². The van der Waals surface area contributed by atoms with Gasteiger partial charge in [-0.1, -0.05) is 61.5 Å². The quantitative estimate of drug-likeness (QED) is 0.170. The fourth-order valence-corrected chi connectivity index (χ4v) is 6.21. The van der Waals surface area contributed by atoms with Crippen LogP contribution in [0.25, 0.3) is 26.6 Å². The second-order valence-electron chi connectivity index (χ2n) is 12.8. The van der Waals surface area contributed by atoms with Gasteiger partial charge in [0.2, 0.25) is 5.88 Å². The highest BCUT2D eigenvalue weighted by molar-refractivity contribution is 7.23. The summed E-state index contributed by atoms with van der Waals surface area (Å²) in [7, 11) is 1.61. The number of imidazole rings is 1. The molecular formula is C33H38N4O5S. The van der Waals surface area contributed by atoms with Gasteiger partial charge in [-0.25, -0.2) is 9.97 Å². The average Bonchev–Trinajstić information content (AvgIpc) is 3.24. The summed E-state index contributed by atoms with van der Waals surface area (Å²) in [5.74, 6) is 1.49. The summed E-state index contributed by atoms with van der Waals surface area (Å²) in [6, 6.07) is 13.8. The molecule has 43 heavy (non-hydrogen) atoms. The predicted octanol–water partition coefficient (Wildman–Crippen LogP) is 6.20. The van der Waals surface area contributed by atoms with Gasteiger partial charge in [-0.3, -0.25) is 9.20 Å². The Balaban J connectivity index is 1.07. The molecule has 4 aromatic heterocycles. The first-order chi connectivity index (χ1) is 20.6. The standard InChI is InChI=1S/C33H38N4O5S/c1-32(2,3)28-17-23(36-42-28)16-25(39)15-21-5-7-22(8-6-21)26-18-37-27-9-10-29(35-30(27)43-31(37)34-26)41-20-33(13-14-33)12-11-24(38)19-40-4/h5-10,17-18,24,38H,11-16,19-20H2,1-4H3/t24-/m0/s1. The monoisotopic (exact) mass is 602 g/mol. The van der Waals surface area contributed by atoms with Gasteiger partial charge in [-0.2, -0.15) is 0 Å². The van der Waals surface area contributed by atoms with Gasteiger partial charge in [0.25, 0.3) is 0 Å². The van der Waals surface area contributed by atoms with Crippen molar-refractivity contribution in [1.29, 1.82) is 0 Å². The number of hydrogen-bond donors (Lipinski definition) is 1. The molecule has 0 unspecified atom stereocenters. The van der Waals surface area contributed by atoms with Gasteiger partial charge in [0, 0.05) is 48.3 Å². The van der Waals surface area contributed by atoms with Crippen LogP contribution in [0.15, 0.2) is 53.2 Å². The molecule has 1 atom stereocenters. The third-order valence-corrected chi connectivity index (χ3v) is 9.08. The van der Waals surface area contributed by atoms with Crippen molar-refractivity contribution >= 4 is 32.4 Å². The Hall–Kier alpha value is -3.60. The summed E-state index contributed by atoms with van der Waals surface area (Å²) < 4.78 is 18.6. The van der Waals surface area contributed by atoms with Crippen molar-refractivity contribution < 1.29 is 23.9 Å². The number of carbonyl (C=O) groups is 1. The first-order valence-electron chi connectivity index (χ1n) is 14.8. The van der Waals surface area contributed by atoms with Crippen LogP contribution in [-0.4, -0.2) is 56.8 Å². The van der Waals surface area contributed by atoms with Crippen LogP contribution >= 0.6 is 11.3 Å².